The number of aromatic nitrogens is 2. The number of piperidine rings is 1. The Morgan fingerprint density at radius 1 is 0.964 bits per heavy atom. The number of hydrogen-bond acceptors (Lipinski definition) is 2. The molecule has 0 unspecified atom stereocenters. The third kappa shape index (κ3) is 4.06. The van der Waals surface area contributed by atoms with Crippen LogP contribution in [0.3, 0.4) is 0 Å². The summed E-state index contributed by atoms with van der Waals surface area (Å²) in [5, 5.41) is 4.81. The van der Waals surface area contributed by atoms with Crippen LogP contribution in [-0.2, 0) is 4.79 Å². The van der Waals surface area contributed by atoms with Crippen LogP contribution in [0.2, 0.25) is 0 Å². The minimum atomic E-state index is 0.0852. The molecule has 1 aliphatic heterocycles. The lowest BCUT2D eigenvalue weighted by atomic mass is 10.1. The molecule has 142 valence electrons. The molecule has 3 aromatic rings. The summed E-state index contributed by atoms with van der Waals surface area (Å²) in [6.45, 7) is 3.79. The van der Waals surface area contributed by atoms with Crippen molar-refractivity contribution in [3.05, 3.63) is 78.0 Å². The molecule has 0 aliphatic carbocycles. The molecule has 0 saturated carbocycles. The van der Waals surface area contributed by atoms with E-state index in [1.165, 1.54) is 12.0 Å². The van der Waals surface area contributed by atoms with Crippen molar-refractivity contribution in [2.24, 2.45) is 0 Å². The van der Waals surface area contributed by atoms with Crippen LogP contribution >= 0.6 is 0 Å². The number of carbonyl (C=O) groups excluding carboxylic acids is 1. The first kappa shape index (κ1) is 18.2. The van der Waals surface area contributed by atoms with Crippen molar-refractivity contribution in [2.45, 2.75) is 26.2 Å². The molecule has 0 bridgehead atoms. The summed E-state index contributed by atoms with van der Waals surface area (Å²) in [6.07, 6.45) is 8.99. The SMILES string of the molecule is Cc1ccc(-c2nn(-c3ccccc3)cc2/C=C/C(=O)N2CCCCC2)cc1. The van der Waals surface area contributed by atoms with Crippen molar-refractivity contribution in [2.75, 3.05) is 13.1 Å². The molecule has 0 radical (unpaired) electrons. The van der Waals surface area contributed by atoms with Gasteiger partial charge in [0.15, 0.2) is 0 Å². The van der Waals surface area contributed by atoms with E-state index in [0.717, 1.165) is 48.4 Å². The van der Waals surface area contributed by atoms with Gasteiger partial charge in [-0.15, -0.1) is 0 Å². The molecule has 2 aromatic carbocycles. The zero-order valence-electron chi connectivity index (χ0n) is 16.2. The summed E-state index contributed by atoms with van der Waals surface area (Å²) >= 11 is 0. The number of amides is 1. The molecule has 2 heterocycles. The van der Waals surface area contributed by atoms with E-state index in [9.17, 15) is 4.79 Å². The van der Waals surface area contributed by atoms with Gasteiger partial charge >= 0.3 is 0 Å². The average molecular weight is 371 g/mol. The first-order chi connectivity index (χ1) is 13.7. The third-order valence-corrected chi connectivity index (χ3v) is 5.16. The Labute approximate surface area is 166 Å². The van der Waals surface area contributed by atoms with E-state index in [4.69, 9.17) is 5.10 Å². The molecule has 0 N–H and O–H groups in total. The summed E-state index contributed by atoms with van der Waals surface area (Å²) < 4.78 is 1.88. The number of carbonyl (C=O) groups is 1. The molecule has 1 saturated heterocycles. The number of rotatable bonds is 4. The Morgan fingerprint density at radius 3 is 2.39 bits per heavy atom. The molecule has 28 heavy (non-hydrogen) atoms. The highest BCUT2D eigenvalue weighted by Gasteiger charge is 2.15. The van der Waals surface area contributed by atoms with Crippen molar-refractivity contribution in [1.82, 2.24) is 14.7 Å². The zero-order chi connectivity index (χ0) is 19.3. The Morgan fingerprint density at radius 2 is 1.68 bits per heavy atom. The maximum absolute atomic E-state index is 12.6. The second kappa shape index (κ2) is 8.26. The Kier molecular flexibility index (Phi) is 5.38. The first-order valence-electron chi connectivity index (χ1n) is 9.90. The fraction of sp³-hybridized carbons (Fsp3) is 0.250. The van der Waals surface area contributed by atoms with Gasteiger partial charge in [-0.25, -0.2) is 4.68 Å². The van der Waals surface area contributed by atoms with Crippen LogP contribution in [-0.4, -0.2) is 33.7 Å². The monoisotopic (exact) mass is 371 g/mol. The fourth-order valence-electron chi connectivity index (χ4n) is 3.54. The molecular weight excluding hydrogens is 346 g/mol. The Balaban J connectivity index is 1.67. The van der Waals surface area contributed by atoms with Crippen LogP contribution in [0.15, 0.2) is 66.9 Å². The van der Waals surface area contributed by atoms with Gasteiger partial charge in [0, 0.05) is 36.5 Å². The second-order valence-electron chi connectivity index (χ2n) is 7.30. The lowest BCUT2D eigenvalue weighted by molar-refractivity contribution is -0.126. The molecule has 1 aliphatic rings. The molecule has 4 nitrogen and oxygen atoms in total. The summed E-state index contributed by atoms with van der Waals surface area (Å²) in [7, 11) is 0. The number of nitrogens with zero attached hydrogens (tertiary/aromatic N) is 3. The van der Waals surface area contributed by atoms with Crippen molar-refractivity contribution >= 4 is 12.0 Å². The lowest BCUT2D eigenvalue weighted by Gasteiger charge is -2.25. The Bertz CT molecular complexity index is 965. The lowest BCUT2D eigenvalue weighted by Crippen LogP contribution is -2.34. The molecule has 1 aromatic heterocycles. The average Bonchev–Trinajstić information content (AvgIpc) is 3.18. The van der Waals surface area contributed by atoms with Crippen LogP contribution in [0.25, 0.3) is 23.0 Å². The van der Waals surface area contributed by atoms with E-state index < -0.39 is 0 Å². The van der Waals surface area contributed by atoms with Gasteiger partial charge in [0.05, 0.1) is 11.4 Å². The van der Waals surface area contributed by atoms with Crippen LogP contribution in [0.4, 0.5) is 0 Å². The maximum atomic E-state index is 12.6. The largest absolute Gasteiger partial charge is 0.339 e. The van der Waals surface area contributed by atoms with Crippen LogP contribution in [0.1, 0.15) is 30.4 Å². The minimum absolute atomic E-state index is 0.0852. The smallest absolute Gasteiger partial charge is 0.246 e. The van der Waals surface area contributed by atoms with Crippen molar-refractivity contribution in [3.63, 3.8) is 0 Å². The van der Waals surface area contributed by atoms with Gasteiger partial charge in [-0.3, -0.25) is 4.79 Å². The third-order valence-electron chi connectivity index (χ3n) is 5.16. The van der Waals surface area contributed by atoms with Crippen molar-refractivity contribution < 1.29 is 4.79 Å². The number of para-hydroxylation sites is 1. The van der Waals surface area contributed by atoms with Crippen molar-refractivity contribution in [3.8, 4) is 16.9 Å². The van der Waals surface area contributed by atoms with Gasteiger partial charge < -0.3 is 4.90 Å². The van der Waals surface area contributed by atoms with Crippen LogP contribution in [0.5, 0.6) is 0 Å². The first-order valence-corrected chi connectivity index (χ1v) is 9.90. The van der Waals surface area contributed by atoms with Gasteiger partial charge in [-0.2, -0.15) is 5.10 Å². The number of aryl methyl sites for hydroxylation is 1. The van der Waals surface area contributed by atoms with E-state index in [-0.39, 0.29) is 5.91 Å². The second-order valence-corrected chi connectivity index (χ2v) is 7.30. The fourth-order valence-corrected chi connectivity index (χ4v) is 3.54. The number of benzene rings is 2. The zero-order valence-corrected chi connectivity index (χ0v) is 16.2. The van der Waals surface area contributed by atoms with Gasteiger partial charge in [0.25, 0.3) is 0 Å². The topological polar surface area (TPSA) is 38.1 Å². The van der Waals surface area contributed by atoms with E-state index in [2.05, 4.69) is 31.2 Å². The molecule has 4 heteroatoms. The highest BCUT2D eigenvalue weighted by molar-refractivity contribution is 5.93. The van der Waals surface area contributed by atoms with Crippen LogP contribution in [0, 0.1) is 6.92 Å². The van der Waals surface area contributed by atoms with E-state index in [0.29, 0.717) is 0 Å². The van der Waals surface area contributed by atoms with Crippen LogP contribution < -0.4 is 0 Å². The summed E-state index contributed by atoms with van der Waals surface area (Å²) in [4.78, 5) is 14.5. The molecule has 0 atom stereocenters. The standard InChI is InChI=1S/C24H25N3O/c1-19-10-12-20(13-11-19)24-21(14-15-23(28)26-16-6-3-7-17-26)18-27(25-24)22-8-4-2-5-9-22/h2,4-5,8-15,18H,3,6-7,16-17H2,1H3/b15-14+. The van der Waals surface area contributed by atoms with Gasteiger partial charge in [0.2, 0.25) is 5.91 Å². The van der Waals surface area contributed by atoms with E-state index in [1.54, 1.807) is 6.08 Å². The molecular formula is C24H25N3O. The summed E-state index contributed by atoms with van der Waals surface area (Å²) in [5.74, 6) is 0.0852. The predicted molar refractivity (Wildman–Crippen MR) is 113 cm³/mol. The summed E-state index contributed by atoms with van der Waals surface area (Å²) in [5.41, 5.74) is 5.08. The number of hydrogen-bond donors (Lipinski definition) is 0. The highest BCUT2D eigenvalue weighted by atomic mass is 16.2. The predicted octanol–water partition coefficient (Wildman–Crippen LogP) is 4.87. The van der Waals surface area contributed by atoms with Crippen molar-refractivity contribution in [1.29, 1.82) is 0 Å². The highest BCUT2D eigenvalue weighted by Crippen LogP contribution is 2.25. The Hall–Kier alpha value is -3.14. The number of likely N-dealkylation sites (tertiary alicyclic amines) is 1. The van der Waals surface area contributed by atoms with E-state index >= 15 is 0 Å². The molecule has 1 fully saturated rings. The normalized spacial score (nSPS) is 14.5. The minimum Gasteiger partial charge on any atom is -0.339 e. The van der Waals surface area contributed by atoms with Gasteiger partial charge in [-0.05, 0) is 44.4 Å². The van der Waals surface area contributed by atoms with Gasteiger partial charge in [0.1, 0.15) is 0 Å². The maximum Gasteiger partial charge on any atom is 0.246 e. The summed E-state index contributed by atoms with van der Waals surface area (Å²) in [6, 6.07) is 18.4. The molecule has 0 spiro atoms. The molecule has 4 rings (SSSR count). The molecule has 1 amide bonds. The van der Waals surface area contributed by atoms with E-state index in [1.807, 2.05) is 52.2 Å². The quantitative estimate of drug-likeness (QED) is 0.614. The van der Waals surface area contributed by atoms with Gasteiger partial charge in [-0.1, -0.05) is 48.0 Å².